The average molecular weight is 292 g/mol. The van der Waals surface area contributed by atoms with E-state index in [9.17, 15) is 9.59 Å². The summed E-state index contributed by atoms with van der Waals surface area (Å²) >= 11 is 0. The molecule has 0 bridgehead atoms. The summed E-state index contributed by atoms with van der Waals surface area (Å²) < 4.78 is 0. The zero-order valence-electron chi connectivity index (χ0n) is 13.1. The molecule has 2 amide bonds. The van der Waals surface area contributed by atoms with Gasteiger partial charge in [0.05, 0.1) is 0 Å². The maximum Gasteiger partial charge on any atom is 0.246 e. The quantitative estimate of drug-likeness (QED) is 0.846. The number of hydrogen-bond acceptors (Lipinski definition) is 2. The maximum absolute atomic E-state index is 12.8. The lowest BCUT2D eigenvalue weighted by Crippen LogP contribution is -2.66. The number of hydrogen-bond donors (Lipinski definition) is 1. The standard InChI is InChI=1S/C17H28N2O2/c1-2-3-11-19-15(13-7-5-4-6-8-13)16(20)18-14(17(19)21)12-9-10-12/h12-15H,2-11H2,1H3,(H,18,20). The van der Waals surface area contributed by atoms with E-state index in [0.717, 1.165) is 45.1 Å². The van der Waals surface area contributed by atoms with Crippen LogP contribution in [0.2, 0.25) is 0 Å². The van der Waals surface area contributed by atoms with Gasteiger partial charge in [-0.3, -0.25) is 9.59 Å². The minimum absolute atomic E-state index is 0.120. The lowest BCUT2D eigenvalue weighted by atomic mass is 9.81. The van der Waals surface area contributed by atoms with Crippen molar-refractivity contribution in [3.05, 3.63) is 0 Å². The molecule has 3 rings (SSSR count). The van der Waals surface area contributed by atoms with Crippen molar-refractivity contribution in [2.24, 2.45) is 11.8 Å². The normalized spacial score (nSPS) is 31.4. The molecule has 1 heterocycles. The lowest BCUT2D eigenvalue weighted by Gasteiger charge is -2.43. The van der Waals surface area contributed by atoms with Gasteiger partial charge >= 0.3 is 0 Å². The van der Waals surface area contributed by atoms with Crippen LogP contribution in [0.1, 0.15) is 64.7 Å². The Balaban J connectivity index is 1.77. The Morgan fingerprint density at radius 2 is 1.76 bits per heavy atom. The molecular weight excluding hydrogens is 264 g/mol. The first-order valence-electron chi connectivity index (χ1n) is 8.83. The highest BCUT2D eigenvalue weighted by Crippen LogP contribution is 2.37. The van der Waals surface area contributed by atoms with Crippen molar-refractivity contribution in [2.75, 3.05) is 6.54 Å². The Morgan fingerprint density at radius 3 is 2.38 bits per heavy atom. The van der Waals surface area contributed by atoms with Crippen LogP contribution in [0.25, 0.3) is 0 Å². The van der Waals surface area contributed by atoms with E-state index in [1.54, 1.807) is 0 Å². The minimum atomic E-state index is -0.228. The van der Waals surface area contributed by atoms with Crippen molar-refractivity contribution in [1.29, 1.82) is 0 Å². The summed E-state index contributed by atoms with van der Waals surface area (Å²) in [6.07, 6.45) is 10.1. The molecule has 1 N–H and O–H groups in total. The summed E-state index contributed by atoms with van der Waals surface area (Å²) in [6, 6.07) is -0.423. The van der Waals surface area contributed by atoms with Crippen LogP contribution < -0.4 is 5.32 Å². The molecule has 2 atom stereocenters. The van der Waals surface area contributed by atoms with Crippen LogP contribution in [-0.4, -0.2) is 35.3 Å². The van der Waals surface area contributed by atoms with Crippen molar-refractivity contribution in [3.63, 3.8) is 0 Å². The van der Waals surface area contributed by atoms with Crippen molar-refractivity contribution < 1.29 is 9.59 Å². The first-order chi connectivity index (χ1) is 10.2. The van der Waals surface area contributed by atoms with Gasteiger partial charge in [0.1, 0.15) is 12.1 Å². The largest absolute Gasteiger partial charge is 0.342 e. The zero-order valence-corrected chi connectivity index (χ0v) is 13.1. The molecule has 4 heteroatoms. The van der Waals surface area contributed by atoms with Gasteiger partial charge in [0.2, 0.25) is 11.8 Å². The summed E-state index contributed by atoms with van der Waals surface area (Å²) in [6.45, 7) is 2.90. The van der Waals surface area contributed by atoms with E-state index in [1.165, 1.54) is 19.3 Å². The van der Waals surface area contributed by atoms with Crippen LogP contribution >= 0.6 is 0 Å². The summed E-state index contributed by atoms with van der Waals surface area (Å²) in [4.78, 5) is 27.4. The third kappa shape index (κ3) is 3.09. The Kier molecular flexibility index (Phi) is 4.51. The Bertz CT molecular complexity index is 400. The van der Waals surface area contributed by atoms with Gasteiger partial charge in [-0.2, -0.15) is 0 Å². The Hall–Kier alpha value is -1.06. The molecule has 0 aromatic carbocycles. The van der Waals surface area contributed by atoms with Crippen molar-refractivity contribution in [3.8, 4) is 0 Å². The predicted molar refractivity (Wildman–Crippen MR) is 81.6 cm³/mol. The SMILES string of the molecule is CCCCN1C(=O)C(C2CC2)NC(=O)C1C1CCCCC1. The fourth-order valence-electron chi connectivity index (χ4n) is 4.00. The van der Waals surface area contributed by atoms with E-state index in [-0.39, 0.29) is 23.9 Å². The number of piperazine rings is 1. The van der Waals surface area contributed by atoms with Crippen LogP contribution in [0.15, 0.2) is 0 Å². The highest BCUT2D eigenvalue weighted by molar-refractivity contribution is 5.97. The molecular formula is C17H28N2O2. The molecule has 3 aliphatic rings. The fraction of sp³-hybridized carbons (Fsp3) is 0.882. The zero-order chi connectivity index (χ0) is 14.8. The smallest absolute Gasteiger partial charge is 0.246 e. The molecule has 21 heavy (non-hydrogen) atoms. The Labute approximate surface area is 127 Å². The summed E-state index contributed by atoms with van der Waals surface area (Å²) in [5, 5.41) is 3.05. The van der Waals surface area contributed by atoms with Gasteiger partial charge in [-0.1, -0.05) is 32.6 Å². The molecule has 0 aromatic rings. The number of carbonyl (C=O) groups excluding carboxylic acids is 2. The topological polar surface area (TPSA) is 49.4 Å². The molecule has 2 saturated carbocycles. The molecule has 0 spiro atoms. The predicted octanol–water partition coefficient (Wildman–Crippen LogP) is 2.47. The highest BCUT2D eigenvalue weighted by atomic mass is 16.2. The second-order valence-corrected chi connectivity index (χ2v) is 7.05. The molecule has 2 aliphatic carbocycles. The molecule has 0 aromatic heterocycles. The third-order valence-corrected chi connectivity index (χ3v) is 5.39. The highest BCUT2D eigenvalue weighted by Gasteiger charge is 2.48. The van der Waals surface area contributed by atoms with Crippen molar-refractivity contribution in [1.82, 2.24) is 10.2 Å². The summed E-state index contributed by atoms with van der Waals surface area (Å²) in [5.41, 5.74) is 0. The molecule has 118 valence electrons. The maximum atomic E-state index is 12.8. The van der Waals surface area contributed by atoms with Crippen LogP contribution in [0.5, 0.6) is 0 Å². The van der Waals surface area contributed by atoms with E-state index < -0.39 is 0 Å². The lowest BCUT2D eigenvalue weighted by molar-refractivity contribution is -0.153. The average Bonchev–Trinajstić information content (AvgIpc) is 3.33. The van der Waals surface area contributed by atoms with Gasteiger partial charge in [0, 0.05) is 6.54 Å². The summed E-state index contributed by atoms with van der Waals surface area (Å²) in [5.74, 6) is 1.09. The van der Waals surface area contributed by atoms with Crippen LogP contribution in [-0.2, 0) is 9.59 Å². The molecule has 2 unspecified atom stereocenters. The second-order valence-electron chi connectivity index (χ2n) is 7.05. The van der Waals surface area contributed by atoms with E-state index >= 15 is 0 Å². The van der Waals surface area contributed by atoms with E-state index in [0.29, 0.717) is 11.8 Å². The molecule has 1 aliphatic heterocycles. The monoisotopic (exact) mass is 292 g/mol. The number of amides is 2. The van der Waals surface area contributed by atoms with Crippen LogP contribution in [0.4, 0.5) is 0 Å². The fourth-order valence-corrected chi connectivity index (χ4v) is 4.00. The first kappa shape index (κ1) is 14.9. The van der Waals surface area contributed by atoms with Gasteiger partial charge in [-0.15, -0.1) is 0 Å². The molecule has 3 fully saturated rings. The van der Waals surface area contributed by atoms with E-state index in [1.807, 2.05) is 4.90 Å². The molecule has 4 nitrogen and oxygen atoms in total. The summed E-state index contributed by atoms with van der Waals surface area (Å²) in [7, 11) is 0. The van der Waals surface area contributed by atoms with Crippen LogP contribution in [0, 0.1) is 11.8 Å². The van der Waals surface area contributed by atoms with Crippen LogP contribution in [0.3, 0.4) is 0 Å². The number of nitrogens with zero attached hydrogens (tertiary/aromatic N) is 1. The van der Waals surface area contributed by atoms with Gasteiger partial charge in [0.15, 0.2) is 0 Å². The Morgan fingerprint density at radius 1 is 1.05 bits per heavy atom. The van der Waals surface area contributed by atoms with Gasteiger partial charge in [-0.25, -0.2) is 0 Å². The van der Waals surface area contributed by atoms with E-state index in [2.05, 4.69) is 12.2 Å². The number of unbranched alkanes of at least 4 members (excludes halogenated alkanes) is 1. The van der Waals surface area contributed by atoms with Gasteiger partial charge < -0.3 is 10.2 Å². The van der Waals surface area contributed by atoms with Crippen molar-refractivity contribution >= 4 is 11.8 Å². The molecule has 0 radical (unpaired) electrons. The first-order valence-corrected chi connectivity index (χ1v) is 8.83. The minimum Gasteiger partial charge on any atom is -0.342 e. The van der Waals surface area contributed by atoms with Gasteiger partial charge in [0.25, 0.3) is 0 Å². The van der Waals surface area contributed by atoms with Gasteiger partial charge in [-0.05, 0) is 43.9 Å². The third-order valence-electron chi connectivity index (χ3n) is 5.39. The number of nitrogens with one attached hydrogen (secondary N) is 1. The second kappa shape index (κ2) is 6.37. The number of rotatable bonds is 5. The number of carbonyl (C=O) groups is 2. The molecule has 1 saturated heterocycles. The van der Waals surface area contributed by atoms with Crippen molar-refractivity contribution in [2.45, 2.75) is 76.8 Å². The van der Waals surface area contributed by atoms with E-state index in [4.69, 9.17) is 0 Å².